The van der Waals surface area contributed by atoms with Crippen LogP contribution in [-0.4, -0.2) is 16.5 Å². The lowest BCUT2D eigenvalue weighted by Crippen LogP contribution is -2.16. The van der Waals surface area contributed by atoms with E-state index >= 15 is 0 Å². The zero-order valence-electron chi connectivity index (χ0n) is 9.99. The Hall–Kier alpha value is -1.79. The van der Waals surface area contributed by atoms with Gasteiger partial charge in [0.15, 0.2) is 0 Å². The standard InChI is InChI=1S/C13H9ClF3NO2/c14-12-6-5-10(11(7-19)18-12)8-1-3-9(4-2-8)20-13(15,16)17/h1-6,19H,7H2. The lowest BCUT2D eigenvalue weighted by Gasteiger charge is -2.10. The number of benzene rings is 1. The number of alkyl halides is 3. The number of hydrogen-bond acceptors (Lipinski definition) is 3. The molecular weight excluding hydrogens is 295 g/mol. The molecule has 20 heavy (non-hydrogen) atoms. The van der Waals surface area contributed by atoms with Crippen molar-refractivity contribution >= 4 is 11.6 Å². The minimum atomic E-state index is -4.72. The van der Waals surface area contributed by atoms with Gasteiger partial charge in [0.25, 0.3) is 0 Å². The second-order valence-corrected chi connectivity index (χ2v) is 4.25. The maximum absolute atomic E-state index is 12.0. The average molecular weight is 304 g/mol. The van der Waals surface area contributed by atoms with Gasteiger partial charge in [0, 0.05) is 5.56 Å². The molecule has 0 saturated heterocycles. The minimum Gasteiger partial charge on any atom is -0.406 e. The predicted octanol–water partition coefficient (Wildman–Crippen LogP) is 3.79. The summed E-state index contributed by atoms with van der Waals surface area (Å²) in [6, 6.07) is 8.46. The fourth-order valence-corrected chi connectivity index (χ4v) is 1.86. The van der Waals surface area contributed by atoms with Crippen LogP contribution in [0, 0.1) is 0 Å². The van der Waals surface area contributed by atoms with Gasteiger partial charge < -0.3 is 9.84 Å². The third-order valence-corrected chi connectivity index (χ3v) is 2.70. The maximum atomic E-state index is 12.0. The van der Waals surface area contributed by atoms with Gasteiger partial charge in [0.05, 0.1) is 12.3 Å². The molecule has 0 aliphatic carbocycles. The monoisotopic (exact) mass is 303 g/mol. The summed E-state index contributed by atoms with van der Waals surface area (Å²) in [4.78, 5) is 3.95. The van der Waals surface area contributed by atoms with Gasteiger partial charge >= 0.3 is 6.36 Å². The number of aliphatic hydroxyl groups excluding tert-OH is 1. The summed E-state index contributed by atoms with van der Waals surface area (Å²) < 4.78 is 39.9. The van der Waals surface area contributed by atoms with Crippen LogP contribution in [0.1, 0.15) is 5.69 Å². The van der Waals surface area contributed by atoms with Gasteiger partial charge in [0.2, 0.25) is 0 Å². The molecule has 0 unspecified atom stereocenters. The molecule has 1 N–H and O–H groups in total. The Morgan fingerprint density at radius 3 is 2.30 bits per heavy atom. The molecule has 3 nitrogen and oxygen atoms in total. The first-order valence-electron chi connectivity index (χ1n) is 5.51. The highest BCUT2D eigenvalue weighted by Gasteiger charge is 2.30. The van der Waals surface area contributed by atoms with Crippen LogP contribution in [0.3, 0.4) is 0 Å². The van der Waals surface area contributed by atoms with Crippen molar-refractivity contribution in [3.8, 4) is 16.9 Å². The lowest BCUT2D eigenvalue weighted by atomic mass is 10.0. The molecule has 0 spiro atoms. The zero-order valence-corrected chi connectivity index (χ0v) is 10.7. The Balaban J connectivity index is 2.30. The van der Waals surface area contributed by atoms with E-state index in [-0.39, 0.29) is 17.5 Å². The highest BCUT2D eigenvalue weighted by Crippen LogP contribution is 2.28. The molecule has 0 amide bonds. The van der Waals surface area contributed by atoms with Crippen molar-refractivity contribution in [2.75, 3.05) is 0 Å². The molecule has 0 saturated carbocycles. The molecule has 1 aromatic carbocycles. The molecule has 0 aliphatic rings. The SMILES string of the molecule is OCc1nc(Cl)ccc1-c1ccc(OC(F)(F)F)cc1. The van der Waals surface area contributed by atoms with Gasteiger partial charge in [-0.1, -0.05) is 23.7 Å². The summed E-state index contributed by atoms with van der Waals surface area (Å²) in [5, 5.41) is 9.45. The Kier molecular flexibility index (Phi) is 4.15. The highest BCUT2D eigenvalue weighted by atomic mass is 35.5. The van der Waals surface area contributed by atoms with Crippen molar-refractivity contribution in [1.82, 2.24) is 4.98 Å². The van der Waals surface area contributed by atoms with Gasteiger partial charge in [-0.15, -0.1) is 13.2 Å². The van der Waals surface area contributed by atoms with Crippen molar-refractivity contribution in [3.05, 3.63) is 47.2 Å². The number of aliphatic hydroxyl groups is 1. The Morgan fingerprint density at radius 2 is 1.75 bits per heavy atom. The molecule has 7 heteroatoms. The smallest absolute Gasteiger partial charge is 0.406 e. The van der Waals surface area contributed by atoms with Gasteiger partial charge in [-0.3, -0.25) is 0 Å². The first-order chi connectivity index (χ1) is 9.39. The van der Waals surface area contributed by atoms with Gasteiger partial charge in [-0.2, -0.15) is 0 Å². The van der Waals surface area contributed by atoms with E-state index in [1.165, 1.54) is 30.3 Å². The molecule has 106 valence electrons. The largest absolute Gasteiger partial charge is 0.573 e. The zero-order chi connectivity index (χ0) is 14.8. The fourth-order valence-electron chi connectivity index (χ4n) is 1.69. The van der Waals surface area contributed by atoms with Crippen molar-refractivity contribution in [2.45, 2.75) is 13.0 Å². The summed E-state index contributed by atoms with van der Waals surface area (Å²) in [6.07, 6.45) is -4.72. The van der Waals surface area contributed by atoms with E-state index in [1.807, 2.05) is 0 Å². The normalized spacial score (nSPS) is 11.4. The van der Waals surface area contributed by atoms with E-state index in [1.54, 1.807) is 6.07 Å². The number of aromatic nitrogens is 1. The number of halogens is 4. The first-order valence-corrected chi connectivity index (χ1v) is 5.89. The number of pyridine rings is 1. The molecular formula is C13H9ClF3NO2. The fraction of sp³-hybridized carbons (Fsp3) is 0.154. The van der Waals surface area contributed by atoms with Crippen molar-refractivity contribution in [2.24, 2.45) is 0 Å². The van der Waals surface area contributed by atoms with Crippen LogP contribution in [0.2, 0.25) is 5.15 Å². The van der Waals surface area contributed by atoms with Crippen LogP contribution < -0.4 is 4.74 Å². The molecule has 0 bridgehead atoms. The maximum Gasteiger partial charge on any atom is 0.573 e. The second kappa shape index (κ2) is 5.68. The summed E-state index contributed by atoms with van der Waals surface area (Å²) in [7, 11) is 0. The molecule has 1 heterocycles. The predicted molar refractivity (Wildman–Crippen MR) is 67.3 cm³/mol. The van der Waals surface area contributed by atoms with E-state index < -0.39 is 6.36 Å². The Labute approximate surface area is 117 Å². The minimum absolute atomic E-state index is 0.231. The average Bonchev–Trinajstić information content (AvgIpc) is 2.38. The summed E-state index contributed by atoms with van der Waals surface area (Å²) >= 11 is 5.71. The molecule has 0 aliphatic heterocycles. The summed E-state index contributed by atoms with van der Waals surface area (Å²) in [5.41, 5.74) is 1.55. The molecule has 0 atom stereocenters. The Morgan fingerprint density at radius 1 is 1.10 bits per heavy atom. The van der Waals surface area contributed by atoms with Crippen LogP contribution >= 0.6 is 11.6 Å². The first kappa shape index (κ1) is 14.6. The van der Waals surface area contributed by atoms with Crippen molar-refractivity contribution < 1.29 is 23.0 Å². The van der Waals surface area contributed by atoms with Crippen LogP contribution in [0.4, 0.5) is 13.2 Å². The van der Waals surface area contributed by atoms with Crippen LogP contribution in [0.5, 0.6) is 5.75 Å². The van der Waals surface area contributed by atoms with E-state index in [4.69, 9.17) is 11.6 Å². The van der Waals surface area contributed by atoms with E-state index in [0.29, 0.717) is 16.8 Å². The van der Waals surface area contributed by atoms with Gasteiger partial charge in [-0.05, 0) is 29.8 Å². The van der Waals surface area contributed by atoms with Gasteiger partial charge in [0.1, 0.15) is 10.9 Å². The van der Waals surface area contributed by atoms with Crippen molar-refractivity contribution in [1.29, 1.82) is 0 Å². The van der Waals surface area contributed by atoms with Gasteiger partial charge in [-0.25, -0.2) is 4.98 Å². The van der Waals surface area contributed by atoms with Crippen LogP contribution in [-0.2, 0) is 6.61 Å². The van der Waals surface area contributed by atoms with E-state index in [9.17, 15) is 18.3 Å². The lowest BCUT2D eigenvalue weighted by molar-refractivity contribution is -0.274. The molecule has 2 aromatic rings. The number of rotatable bonds is 3. The number of ether oxygens (including phenoxy) is 1. The third-order valence-electron chi connectivity index (χ3n) is 2.49. The van der Waals surface area contributed by atoms with Crippen molar-refractivity contribution in [3.63, 3.8) is 0 Å². The summed E-state index contributed by atoms with van der Waals surface area (Å²) in [6.45, 7) is -0.323. The quantitative estimate of drug-likeness (QED) is 0.877. The molecule has 0 fully saturated rings. The number of nitrogens with zero attached hydrogens (tertiary/aromatic N) is 1. The summed E-state index contributed by atoms with van der Waals surface area (Å²) in [5.74, 6) is -0.311. The van der Waals surface area contributed by atoms with Crippen LogP contribution in [0.25, 0.3) is 11.1 Å². The molecule has 0 radical (unpaired) electrons. The van der Waals surface area contributed by atoms with E-state index in [0.717, 1.165) is 0 Å². The highest BCUT2D eigenvalue weighted by molar-refractivity contribution is 6.29. The van der Waals surface area contributed by atoms with E-state index in [2.05, 4.69) is 9.72 Å². The number of hydrogen-bond donors (Lipinski definition) is 1. The molecule has 1 aromatic heterocycles. The molecule has 2 rings (SSSR count). The van der Waals surface area contributed by atoms with Crippen LogP contribution in [0.15, 0.2) is 36.4 Å². The third kappa shape index (κ3) is 3.61. The Bertz CT molecular complexity index is 600. The second-order valence-electron chi connectivity index (χ2n) is 3.86. The topological polar surface area (TPSA) is 42.4 Å².